The molecule has 1 atom stereocenters. The highest BCUT2D eigenvalue weighted by atomic mass is 35.5. The molecular formula is C12H14ClF3N2. The lowest BCUT2D eigenvalue weighted by atomic mass is 9.97. The Balaban J connectivity index is 2.48. The van der Waals surface area contributed by atoms with Gasteiger partial charge < -0.3 is 5.32 Å². The number of hydrogen-bond donors (Lipinski definition) is 1. The van der Waals surface area contributed by atoms with Gasteiger partial charge in [0.2, 0.25) is 0 Å². The van der Waals surface area contributed by atoms with Crippen LogP contribution in [-0.2, 0) is 6.18 Å². The lowest BCUT2D eigenvalue weighted by molar-refractivity contribution is -0.138. The summed E-state index contributed by atoms with van der Waals surface area (Å²) in [5, 5.41) is 3.27. The molecule has 6 heteroatoms. The lowest BCUT2D eigenvalue weighted by Crippen LogP contribution is -2.44. The number of halogens is 4. The largest absolute Gasteiger partial charge is 0.416 e. The van der Waals surface area contributed by atoms with Crippen LogP contribution in [0.4, 0.5) is 13.2 Å². The van der Waals surface area contributed by atoms with Crippen molar-refractivity contribution in [3.05, 3.63) is 34.3 Å². The maximum absolute atomic E-state index is 13.0. The minimum atomic E-state index is -4.38. The molecule has 2 rings (SSSR count). The molecule has 2 nitrogen and oxygen atoms in total. The average Bonchev–Trinajstić information content (AvgIpc) is 2.29. The van der Waals surface area contributed by atoms with Crippen LogP contribution in [0.5, 0.6) is 0 Å². The molecule has 1 aromatic rings. The van der Waals surface area contributed by atoms with Crippen LogP contribution in [0.25, 0.3) is 0 Å². The molecule has 0 saturated carbocycles. The summed E-state index contributed by atoms with van der Waals surface area (Å²) in [4.78, 5) is 1.90. The molecule has 1 heterocycles. The Bertz CT molecular complexity index is 434. The van der Waals surface area contributed by atoms with E-state index in [1.807, 2.05) is 11.9 Å². The molecule has 0 radical (unpaired) electrons. The van der Waals surface area contributed by atoms with Gasteiger partial charge >= 0.3 is 6.18 Å². The molecule has 0 bridgehead atoms. The zero-order valence-corrected chi connectivity index (χ0v) is 10.6. The first-order valence-electron chi connectivity index (χ1n) is 5.68. The van der Waals surface area contributed by atoms with Gasteiger partial charge in [-0.1, -0.05) is 17.7 Å². The highest BCUT2D eigenvalue weighted by Crippen LogP contribution is 2.39. The number of benzene rings is 1. The van der Waals surface area contributed by atoms with Gasteiger partial charge in [-0.25, -0.2) is 0 Å². The number of nitrogens with one attached hydrogen (secondary N) is 1. The van der Waals surface area contributed by atoms with E-state index in [0.717, 1.165) is 12.6 Å². The molecule has 0 amide bonds. The predicted octanol–water partition coefficient (Wildman–Crippen LogP) is 2.93. The third kappa shape index (κ3) is 2.63. The molecule has 1 unspecified atom stereocenters. The Hall–Kier alpha value is -0.780. The SMILES string of the molecule is CN1CCNCC1c1c(Cl)cccc1C(F)(F)F. The van der Waals surface area contributed by atoms with Gasteiger partial charge in [0.1, 0.15) is 0 Å². The van der Waals surface area contributed by atoms with E-state index in [0.29, 0.717) is 13.1 Å². The quantitative estimate of drug-likeness (QED) is 0.850. The number of nitrogens with zero attached hydrogens (tertiary/aromatic N) is 1. The Morgan fingerprint density at radius 2 is 2.11 bits per heavy atom. The van der Waals surface area contributed by atoms with Crippen molar-refractivity contribution in [1.29, 1.82) is 0 Å². The summed E-state index contributed by atoms with van der Waals surface area (Å²) in [6.07, 6.45) is -4.38. The number of alkyl halides is 3. The molecule has 0 spiro atoms. The Labute approximate surface area is 109 Å². The first-order chi connectivity index (χ1) is 8.41. The summed E-state index contributed by atoms with van der Waals surface area (Å²) in [6, 6.07) is 3.59. The molecular weight excluding hydrogens is 265 g/mol. The third-order valence-electron chi connectivity index (χ3n) is 3.20. The molecule has 0 aromatic heterocycles. The summed E-state index contributed by atoms with van der Waals surface area (Å²) < 4.78 is 39.0. The van der Waals surface area contributed by atoms with Crippen molar-refractivity contribution in [2.75, 3.05) is 26.7 Å². The summed E-state index contributed by atoms with van der Waals surface area (Å²) in [5.41, 5.74) is -0.475. The summed E-state index contributed by atoms with van der Waals surface area (Å²) in [6.45, 7) is 1.95. The fraction of sp³-hybridized carbons (Fsp3) is 0.500. The molecule has 100 valence electrons. The molecule has 1 saturated heterocycles. The van der Waals surface area contributed by atoms with Gasteiger partial charge in [-0.3, -0.25) is 4.90 Å². The van der Waals surface area contributed by atoms with Crippen molar-refractivity contribution < 1.29 is 13.2 Å². The van der Waals surface area contributed by atoms with Crippen LogP contribution in [0.1, 0.15) is 17.2 Å². The molecule has 1 N–H and O–H groups in total. The summed E-state index contributed by atoms with van der Waals surface area (Å²) in [7, 11) is 1.81. The van der Waals surface area contributed by atoms with Crippen LogP contribution in [0.3, 0.4) is 0 Å². The normalized spacial score (nSPS) is 22.2. The zero-order chi connectivity index (χ0) is 13.3. The van der Waals surface area contributed by atoms with Gasteiger partial charge in [0, 0.05) is 36.3 Å². The second kappa shape index (κ2) is 5.07. The second-order valence-electron chi connectivity index (χ2n) is 4.40. The fourth-order valence-corrected chi connectivity index (χ4v) is 2.55. The van der Waals surface area contributed by atoms with Gasteiger partial charge in [-0.2, -0.15) is 13.2 Å². The highest BCUT2D eigenvalue weighted by Gasteiger charge is 2.37. The van der Waals surface area contributed by atoms with Crippen molar-refractivity contribution in [2.24, 2.45) is 0 Å². The van der Waals surface area contributed by atoms with E-state index in [2.05, 4.69) is 5.32 Å². The number of likely N-dealkylation sites (N-methyl/N-ethyl adjacent to an activating group) is 1. The first kappa shape index (κ1) is 13.6. The van der Waals surface area contributed by atoms with E-state index in [-0.39, 0.29) is 16.6 Å². The third-order valence-corrected chi connectivity index (χ3v) is 3.53. The standard InChI is InChI=1S/C12H14ClF3N2/c1-18-6-5-17-7-10(18)11-8(12(14,15)16)3-2-4-9(11)13/h2-4,10,17H,5-7H2,1H3. The van der Waals surface area contributed by atoms with Gasteiger partial charge in [0.25, 0.3) is 0 Å². The van der Waals surface area contributed by atoms with Crippen LogP contribution in [0.2, 0.25) is 5.02 Å². The topological polar surface area (TPSA) is 15.3 Å². The van der Waals surface area contributed by atoms with Gasteiger partial charge in [-0.05, 0) is 19.2 Å². The smallest absolute Gasteiger partial charge is 0.314 e. The van der Waals surface area contributed by atoms with Crippen LogP contribution in [0, 0.1) is 0 Å². The minimum Gasteiger partial charge on any atom is -0.314 e. The minimum absolute atomic E-state index is 0.168. The van der Waals surface area contributed by atoms with Crippen molar-refractivity contribution in [2.45, 2.75) is 12.2 Å². The predicted molar refractivity (Wildman–Crippen MR) is 64.7 cm³/mol. The van der Waals surface area contributed by atoms with Gasteiger partial charge in [0.05, 0.1) is 5.56 Å². The molecule has 1 aliphatic heterocycles. The van der Waals surface area contributed by atoms with Crippen LogP contribution in [-0.4, -0.2) is 31.6 Å². The van der Waals surface area contributed by atoms with E-state index in [4.69, 9.17) is 11.6 Å². The van der Waals surface area contributed by atoms with Crippen LogP contribution >= 0.6 is 11.6 Å². The van der Waals surface area contributed by atoms with Crippen LogP contribution in [0.15, 0.2) is 18.2 Å². The van der Waals surface area contributed by atoms with E-state index < -0.39 is 11.7 Å². The maximum Gasteiger partial charge on any atom is 0.416 e. The van der Waals surface area contributed by atoms with E-state index >= 15 is 0 Å². The highest BCUT2D eigenvalue weighted by molar-refractivity contribution is 6.31. The number of hydrogen-bond acceptors (Lipinski definition) is 2. The molecule has 1 aliphatic rings. The van der Waals surface area contributed by atoms with Gasteiger partial charge in [-0.15, -0.1) is 0 Å². The second-order valence-corrected chi connectivity index (χ2v) is 4.81. The Morgan fingerprint density at radius 1 is 1.39 bits per heavy atom. The molecule has 1 aromatic carbocycles. The molecule has 18 heavy (non-hydrogen) atoms. The van der Waals surface area contributed by atoms with E-state index in [1.54, 1.807) is 0 Å². The lowest BCUT2D eigenvalue weighted by Gasteiger charge is -2.35. The number of piperazine rings is 1. The fourth-order valence-electron chi connectivity index (χ4n) is 2.25. The summed E-state index contributed by atoms with van der Waals surface area (Å²) >= 11 is 5.98. The average molecular weight is 279 g/mol. The zero-order valence-electron chi connectivity index (χ0n) is 9.89. The van der Waals surface area contributed by atoms with Crippen molar-refractivity contribution >= 4 is 11.6 Å². The first-order valence-corrected chi connectivity index (χ1v) is 6.05. The monoisotopic (exact) mass is 278 g/mol. The van der Waals surface area contributed by atoms with Crippen molar-refractivity contribution in [3.8, 4) is 0 Å². The van der Waals surface area contributed by atoms with E-state index in [9.17, 15) is 13.2 Å². The van der Waals surface area contributed by atoms with Crippen molar-refractivity contribution in [3.63, 3.8) is 0 Å². The maximum atomic E-state index is 13.0. The Kier molecular flexibility index (Phi) is 3.84. The molecule has 0 aliphatic carbocycles. The van der Waals surface area contributed by atoms with Gasteiger partial charge in [0.15, 0.2) is 0 Å². The van der Waals surface area contributed by atoms with Crippen molar-refractivity contribution in [1.82, 2.24) is 10.2 Å². The summed E-state index contributed by atoms with van der Waals surface area (Å²) in [5.74, 6) is 0. The Morgan fingerprint density at radius 3 is 2.72 bits per heavy atom. The number of rotatable bonds is 1. The van der Waals surface area contributed by atoms with E-state index in [1.165, 1.54) is 12.1 Å². The van der Waals surface area contributed by atoms with Crippen LogP contribution < -0.4 is 5.32 Å². The molecule has 1 fully saturated rings.